The fraction of sp³-hybridized carbons (Fsp3) is 0.500. The van der Waals surface area contributed by atoms with Gasteiger partial charge in [0.1, 0.15) is 6.54 Å². The third-order valence-corrected chi connectivity index (χ3v) is 1.78. The van der Waals surface area contributed by atoms with E-state index in [0.29, 0.717) is 17.3 Å². The first-order valence-electron chi connectivity index (χ1n) is 3.76. The zero-order chi connectivity index (χ0) is 9.84. The van der Waals surface area contributed by atoms with Gasteiger partial charge in [-0.3, -0.25) is 9.36 Å². The quantitative estimate of drug-likeness (QED) is 0.618. The van der Waals surface area contributed by atoms with Crippen molar-refractivity contribution in [1.82, 2.24) is 14.8 Å². The molecule has 0 radical (unpaired) electrons. The lowest BCUT2D eigenvalue weighted by Crippen LogP contribution is -2.15. The van der Waals surface area contributed by atoms with E-state index < -0.39 is 5.97 Å². The third kappa shape index (κ3) is 2.28. The van der Waals surface area contributed by atoms with Crippen LogP contribution in [-0.4, -0.2) is 32.4 Å². The Morgan fingerprint density at radius 2 is 2.54 bits per heavy atom. The van der Waals surface area contributed by atoms with Crippen molar-refractivity contribution in [2.45, 2.75) is 13.5 Å². The van der Waals surface area contributed by atoms with Gasteiger partial charge in [-0.1, -0.05) is 0 Å². The molecular formula is C6H10N4O2S. The van der Waals surface area contributed by atoms with Gasteiger partial charge >= 0.3 is 5.97 Å². The number of hydrogen-bond acceptors (Lipinski definition) is 4. The first-order valence-corrected chi connectivity index (χ1v) is 4.16. The van der Waals surface area contributed by atoms with Crippen LogP contribution in [0.1, 0.15) is 6.92 Å². The number of aromatic amines is 1. The molecule has 0 bridgehead atoms. The van der Waals surface area contributed by atoms with Crippen LogP contribution in [0.25, 0.3) is 0 Å². The first kappa shape index (κ1) is 9.72. The van der Waals surface area contributed by atoms with E-state index in [0.717, 1.165) is 0 Å². The molecule has 6 nitrogen and oxygen atoms in total. The molecule has 0 saturated carbocycles. The number of nitrogens with zero attached hydrogens (tertiary/aromatic N) is 2. The topological polar surface area (TPSA) is 82.9 Å². The molecule has 0 aromatic carbocycles. The number of rotatable bonds is 4. The van der Waals surface area contributed by atoms with Crippen molar-refractivity contribution >= 4 is 24.1 Å². The standard InChI is InChI=1S/C6H10N4O2S/c1-2-10-5(7-3-4(11)12)8-9-6(10)13/h2-3H2,1H3,(H,7,8)(H,9,13)(H,11,12). The van der Waals surface area contributed by atoms with E-state index in [2.05, 4.69) is 15.5 Å². The highest BCUT2D eigenvalue weighted by Crippen LogP contribution is 2.02. The van der Waals surface area contributed by atoms with Crippen LogP contribution in [0, 0.1) is 4.77 Å². The Labute approximate surface area is 79.6 Å². The summed E-state index contributed by atoms with van der Waals surface area (Å²) < 4.78 is 2.16. The van der Waals surface area contributed by atoms with Crippen LogP contribution in [0.4, 0.5) is 5.95 Å². The molecule has 1 heterocycles. The van der Waals surface area contributed by atoms with E-state index in [-0.39, 0.29) is 6.54 Å². The monoisotopic (exact) mass is 202 g/mol. The normalized spacial score (nSPS) is 9.92. The van der Waals surface area contributed by atoms with Crippen molar-refractivity contribution in [2.24, 2.45) is 0 Å². The average molecular weight is 202 g/mol. The predicted octanol–water partition coefficient (Wildman–Crippen LogP) is 0.457. The van der Waals surface area contributed by atoms with Gasteiger partial charge in [-0.05, 0) is 19.1 Å². The number of aromatic nitrogens is 3. The van der Waals surface area contributed by atoms with Crippen molar-refractivity contribution in [1.29, 1.82) is 0 Å². The third-order valence-electron chi connectivity index (χ3n) is 1.47. The molecular weight excluding hydrogens is 192 g/mol. The molecule has 0 atom stereocenters. The molecule has 1 aromatic rings. The van der Waals surface area contributed by atoms with E-state index in [9.17, 15) is 4.79 Å². The van der Waals surface area contributed by atoms with Crippen molar-refractivity contribution in [2.75, 3.05) is 11.9 Å². The number of carboxylic acids is 1. The fourth-order valence-corrected chi connectivity index (χ4v) is 1.16. The van der Waals surface area contributed by atoms with E-state index in [4.69, 9.17) is 17.3 Å². The van der Waals surface area contributed by atoms with Gasteiger partial charge in [0.2, 0.25) is 5.95 Å². The number of carboxylic acid groups (broad SMARTS) is 1. The molecule has 1 rings (SSSR count). The van der Waals surface area contributed by atoms with E-state index >= 15 is 0 Å². The summed E-state index contributed by atoms with van der Waals surface area (Å²) >= 11 is 4.91. The lowest BCUT2D eigenvalue weighted by atomic mass is 10.6. The van der Waals surface area contributed by atoms with Crippen molar-refractivity contribution in [3.05, 3.63) is 4.77 Å². The minimum absolute atomic E-state index is 0.167. The second kappa shape index (κ2) is 4.04. The molecule has 0 fully saturated rings. The molecule has 72 valence electrons. The summed E-state index contributed by atoms with van der Waals surface area (Å²) in [6.07, 6.45) is 0. The molecule has 0 amide bonds. The zero-order valence-corrected chi connectivity index (χ0v) is 7.89. The molecule has 0 aliphatic carbocycles. The molecule has 0 saturated heterocycles. The van der Waals surface area contributed by atoms with E-state index in [1.165, 1.54) is 0 Å². The summed E-state index contributed by atoms with van der Waals surface area (Å²) in [7, 11) is 0. The number of aliphatic carboxylic acids is 1. The molecule has 3 N–H and O–H groups in total. The van der Waals surface area contributed by atoms with Crippen LogP contribution >= 0.6 is 12.2 Å². The van der Waals surface area contributed by atoms with Crippen molar-refractivity contribution in [3.8, 4) is 0 Å². The molecule has 0 aliphatic rings. The number of hydrogen-bond donors (Lipinski definition) is 3. The van der Waals surface area contributed by atoms with Gasteiger partial charge in [-0.2, -0.15) is 0 Å². The second-order valence-corrected chi connectivity index (χ2v) is 2.73. The van der Waals surface area contributed by atoms with Gasteiger partial charge in [0.25, 0.3) is 0 Å². The minimum atomic E-state index is -0.934. The minimum Gasteiger partial charge on any atom is -0.480 e. The molecule has 0 spiro atoms. The van der Waals surface area contributed by atoms with Crippen molar-refractivity contribution in [3.63, 3.8) is 0 Å². The van der Waals surface area contributed by atoms with Crippen molar-refractivity contribution < 1.29 is 9.90 Å². The lowest BCUT2D eigenvalue weighted by Gasteiger charge is -2.03. The van der Waals surface area contributed by atoms with Gasteiger partial charge in [-0.25, -0.2) is 5.10 Å². The van der Waals surface area contributed by atoms with Crippen LogP contribution in [0.15, 0.2) is 0 Å². The summed E-state index contributed by atoms with van der Waals surface area (Å²) in [6.45, 7) is 2.38. The Hall–Kier alpha value is -1.37. The lowest BCUT2D eigenvalue weighted by molar-refractivity contribution is -0.134. The van der Waals surface area contributed by atoms with E-state index in [1.807, 2.05) is 6.92 Å². The van der Waals surface area contributed by atoms with Gasteiger partial charge in [0.15, 0.2) is 4.77 Å². The summed E-state index contributed by atoms with van der Waals surface area (Å²) in [6, 6.07) is 0. The molecule has 0 aliphatic heterocycles. The van der Waals surface area contributed by atoms with Crippen LogP contribution < -0.4 is 5.32 Å². The van der Waals surface area contributed by atoms with Gasteiger partial charge in [0.05, 0.1) is 0 Å². The average Bonchev–Trinajstić information content (AvgIpc) is 2.42. The number of anilines is 1. The smallest absolute Gasteiger partial charge is 0.322 e. The SMILES string of the molecule is CCn1c(NCC(=O)O)n[nH]c1=S. The summed E-state index contributed by atoms with van der Waals surface area (Å²) in [5.41, 5.74) is 0. The van der Waals surface area contributed by atoms with Gasteiger partial charge < -0.3 is 10.4 Å². The summed E-state index contributed by atoms with van der Waals surface area (Å²) in [5.74, 6) is -0.480. The maximum atomic E-state index is 10.2. The molecule has 13 heavy (non-hydrogen) atoms. The zero-order valence-electron chi connectivity index (χ0n) is 7.07. The van der Waals surface area contributed by atoms with Crippen LogP contribution in [0.3, 0.4) is 0 Å². The Bertz CT molecular complexity index is 356. The number of carbonyl (C=O) groups is 1. The van der Waals surface area contributed by atoms with Crippen LogP contribution in [-0.2, 0) is 11.3 Å². The van der Waals surface area contributed by atoms with Gasteiger partial charge in [-0.15, -0.1) is 5.10 Å². The Morgan fingerprint density at radius 1 is 1.85 bits per heavy atom. The predicted molar refractivity (Wildman–Crippen MR) is 49.2 cm³/mol. The Balaban J connectivity index is 2.76. The molecule has 1 aromatic heterocycles. The fourth-order valence-electron chi connectivity index (χ4n) is 0.901. The molecule has 7 heteroatoms. The Morgan fingerprint density at radius 3 is 3.08 bits per heavy atom. The summed E-state index contributed by atoms with van der Waals surface area (Å²) in [5, 5.41) is 17.5. The first-order chi connectivity index (χ1) is 6.15. The highest BCUT2D eigenvalue weighted by molar-refractivity contribution is 7.71. The van der Waals surface area contributed by atoms with Crippen LogP contribution in [0.2, 0.25) is 0 Å². The number of H-pyrrole nitrogens is 1. The highest BCUT2D eigenvalue weighted by atomic mass is 32.1. The maximum Gasteiger partial charge on any atom is 0.322 e. The number of nitrogens with one attached hydrogen (secondary N) is 2. The van der Waals surface area contributed by atoms with Gasteiger partial charge in [0, 0.05) is 6.54 Å². The molecule has 0 unspecified atom stereocenters. The second-order valence-electron chi connectivity index (χ2n) is 2.34. The summed E-state index contributed by atoms with van der Waals surface area (Å²) in [4.78, 5) is 10.2. The maximum absolute atomic E-state index is 10.2. The van der Waals surface area contributed by atoms with Crippen LogP contribution in [0.5, 0.6) is 0 Å². The highest BCUT2D eigenvalue weighted by Gasteiger charge is 2.04. The largest absolute Gasteiger partial charge is 0.480 e. The Kier molecular flexibility index (Phi) is 3.02. The van der Waals surface area contributed by atoms with E-state index in [1.54, 1.807) is 4.57 Å².